The van der Waals surface area contributed by atoms with Gasteiger partial charge in [0.15, 0.2) is 17.5 Å². The standard InChI is InChI=1S/C65H39N5/c1-2-16-41(17-3-1)63-66-64(46-33-34-48-45(35-46)32-31-40-15-6-7-21-47(40)48)68-65(67-63)53-26-13-25-50-49(53)24-14-30-59(50)69-58-28-11-9-23-52(58)56-39-54-44(38-62(56)69)20-12-29-60(54)70-57-27-10-8-22-51(57)55-36-42-18-4-5-19-43(42)37-61(55)70/h1-39H. The predicted molar refractivity (Wildman–Crippen MR) is 292 cm³/mol. The molecule has 0 saturated heterocycles. The van der Waals surface area contributed by atoms with Gasteiger partial charge in [0.25, 0.3) is 0 Å². The van der Waals surface area contributed by atoms with E-state index >= 15 is 0 Å². The highest BCUT2D eigenvalue weighted by Gasteiger charge is 2.21. The molecule has 324 valence electrons. The van der Waals surface area contributed by atoms with Crippen molar-refractivity contribution in [2.45, 2.75) is 0 Å². The number of benzene rings is 12. The van der Waals surface area contributed by atoms with Crippen molar-refractivity contribution in [3.05, 3.63) is 237 Å². The summed E-state index contributed by atoms with van der Waals surface area (Å²) in [5.74, 6) is 1.90. The molecule has 0 spiro atoms. The summed E-state index contributed by atoms with van der Waals surface area (Å²) in [5, 5.41) is 16.7. The van der Waals surface area contributed by atoms with Crippen LogP contribution in [0.15, 0.2) is 237 Å². The van der Waals surface area contributed by atoms with Crippen LogP contribution in [0.2, 0.25) is 0 Å². The summed E-state index contributed by atoms with van der Waals surface area (Å²) < 4.78 is 4.91. The number of hydrogen-bond acceptors (Lipinski definition) is 3. The van der Waals surface area contributed by atoms with Gasteiger partial charge >= 0.3 is 0 Å². The van der Waals surface area contributed by atoms with E-state index in [0.29, 0.717) is 17.5 Å². The number of aromatic nitrogens is 5. The number of fused-ring (bicyclic) bond motifs is 12. The molecule has 15 rings (SSSR count). The molecule has 5 heteroatoms. The lowest BCUT2D eigenvalue weighted by molar-refractivity contribution is 1.08. The van der Waals surface area contributed by atoms with Gasteiger partial charge in [0.2, 0.25) is 0 Å². The second-order valence-corrected chi connectivity index (χ2v) is 18.4. The van der Waals surface area contributed by atoms with Gasteiger partial charge in [0.05, 0.1) is 33.4 Å². The summed E-state index contributed by atoms with van der Waals surface area (Å²) in [6, 6.07) is 85.3. The molecule has 0 fully saturated rings. The predicted octanol–water partition coefficient (Wildman–Crippen LogP) is 16.8. The second kappa shape index (κ2) is 15.0. The first-order valence-corrected chi connectivity index (χ1v) is 23.8. The summed E-state index contributed by atoms with van der Waals surface area (Å²) >= 11 is 0. The van der Waals surface area contributed by atoms with Crippen molar-refractivity contribution in [1.29, 1.82) is 0 Å². The van der Waals surface area contributed by atoms with E-state index < -0.39 is 0 Å². The molecular weight excluding hydrogens is 851 g/mol. The minimum Gasteiger partial charge on any atom is -0.309 e. The molecule has 0 aliphatic carbocycles. The molecule has 5 nitrogen and oxygen atoms in total. The fourth-order valence-corrected chi connectivity index (χ4v) is 11.3. The SMILES string of the molecule is c1ccc(-c2nc(-c3ccc4c(ccc5ccccc54)c3)nc(-c3cccc4c(-n5c6ccccc6c6cc7c(-n8c9ccccc9c9cc%10ccccc%10cc98)cccc7cc65)cccc34)n2)cc1. The van der Waals surface area contributed by atoms with Gasteiger partial charge in [0, 0.05) is 49.0 Å². The lowest BCUT2D eigenvalue weighted by Gasteiger charge is -2.15. The third-order valence-corrected chi connectivity index (χ3v) is 14.5. The summed E-state index contributed by atoms with van der Waals surface area (Å²) in [4.78, 5) is 15.7. The molecule has 0 atom stereocenters. The van der Waals surface area contributed by atoms with Crippen molar-refractivity contribution < 1.29 is 0 Å². The Morgan fingerprint density at radius 1 is 0.229 bits per heavy atom. The van der Waals surface area contributed by atoms with Crippen LogP contribution in [0.3, 0.4) is 0 Å². The van der Waals surface area contributed by atoms with Gasteiger partial charge in [-0.3, -0.25) is 0 Å². The minimum atomic E-state index is 0.629. The van der Waals surface area contributed by atoms with E-state index in [1.54, 1.807) is 0 Å². The molecule has 3 aromatic heterocycles. The van der Waals surface area contributed by atoms with E-state index in [4.69, 9.17) is 15.0 Å². The van der Waals surface area contributed by atoms with E-state index in [-0.39, 0.29) is 0 Å². The highest BCUT2D eigenvalue weighted by Crippen LogP contribution is 2.42. The van der Waals surface area contributed by atoms with Crippen LogP contribution in [0, 0.1) is 0 Å². The van der Waals surface area contributed by atoms with Crippen molar-refractivity contribution >= 4 is 97.5 Å². The first-order chi connectivity index (χ1) is 34.7. The molecule has 0 radical (unpaired) electrons. The Morgan fingerprint density at radius 2 is 0.729 bits per heavy atom. The van der Waals surface area contributed by atoms with Crippen LogP contribution in [0.5, 0.6) is 0 Å². The van der Waals surface area contributed by atoms with Gasteiger partial charge in [-0.25, -0.2) is 15.0 Å². The summed E-state index contributed by atoms with van der Waals surface area (Å²) in [6.45, 7) is 0. The Labute approximate surface area is 401 Å². The maximum atomic E-state index is 5.30. The molecule has 0 amide bonds. The van der Waals surface area contributed by atoms with Crippen molar-refractivity contribution in [3.8, 4) is 45.5 Å². The zero-order valence-corrected chi connectivity index (χ0v) is 37.8. The van der Waals surface area contributed by atoms with Crippen molar-refractivity contribution in [2.24, 2.45) is 0 Å². The molecular formula is C65H39N5. The number of rotatable bonds is 5. The van der Waals surface area contributed by atoms with Crippen LogP contribution in [0.25, 0.3) is 143 Å². The Hall–Kier alpha value is -9.45. The zero-order chi connectivity index (χ0) is 45.9. The molecule has 0 aliphatic heterocycles. The fourth-order valence-electron chi connectivity index (χ4n) is 11.3. The molecule has 0 bridgehead atoms. The van der Waals surface area contributed by atoms with Gasteiger partial charge in [0.1, 0.15) is 0 Å². The van der Waals surface area contributed by atoms with Crippen LogP contribution in [-0.4, -0.2) is 24.1 Å². The smallest absolute Gasteiger partial charge is 0.164 e. The molecule has 0 unspecified atom stereocenters. The van der Waals surface area contributed by atoms with E-state index in [1.165, 1.54) is 70.3 Å². The van der Waals surface area contributed by atoms with Crippen molar-refractivity contribution in [3.63, 3.8) is 0 Å². The third kappa shape index (κ3) is 5.82. The van der Waals surface area contributed by atoms with Crippen LogP contribution in [-0.2, 0) is 0 Å². The van der Waals surface area contributed by atoms with E-state index in [9.17, 15) is 0 Å². The summed E-state index contributed by atoms with van der Waals surface area (Å²) in [7, 11) is 0. The Bertz CT molecular complexity index is 4660. The van der Waals surface area contributed by atoms with Crippen LogP contribution in [0.1, 0.15) is 0 Å². The molecule has 12 aromatic carbocycles. The lowest BCUT2D eigenvalue weighted by atomic mass is 10.00. The van der Waals surface area contributed by atoms with E-state index in [0.717, 1.165) is 55.3 Å². The zero-order valence-electron chi connectivity index (χ0n) is 37.8. The first kappa shape index (κ1) is 38.6. The Balaban J connectivity index is 0.928. The monoisotopic (exact) mass is 889 g/mol. The fraction of sp³-hybridized carbons (Fsp3) is 0. The van der Waals surface area contributed by atoms with Crippen LogP contribution in [0.4, 0.5) is 0 Å². The molecule has 0 aliphatic rings. The third-order valence-electron chi connectivity index (χ3n) is 14.5. The van der Waals surface area contributed by atoms with Gasteiger partial charge in [-0.05, 0) is 97.7 Å². The van der Waals surface area contributed by atoms with Crippen molar-refractivity contribution in [2.75, 3.05) is 0 Å². The van der Waals surface area contributed by atoms with Crippen molar-refractivity contribution in [1.82, 2.24) is 24.1 Å². The maximum Gasteiger partial charge on any atom is 0.164 e. The lowest BCUT2D eigenvalue weighted by Crippen LogP contribution is -2.01. The molecule has 70 heavy (non-hydrogen) atoms. The van der Waals surface area contributed by atoms with Gasteiger partial charge in [-0.15, -0.1) is 0 Å². The Morgan fingerprint density at radius 3 is 1.50 bits per heavy atom. The van der Waals surface area contributed by atoms with E-state index in [2.05, 4.69) is 228 Å². The average Bonchev–Trinajstić information content (AvgIpc) is 3.92. The molecule has 3 heterocycles. The number of nitrogens with zero attached hydrogens (tertiary/aromatic N) is 5. The maximum absolute atomic E-state index is 5.30. The van der Waals surface area contributed by atoms with E-state index in [1.807, 2.05) is 18.2 Å². The first-order valence-electron chi connectivity index (χ1n) is 23.8. The highest BCUT2D eigenvalue weighted by molar-refractivity contribution is 6.18. The summed E-state index contributed by atoms with van der Waals surface area (Å²) in [6.07, 6.45) is 0. The molecule has 15 aromatic rings. The molecule has 0 N–H and O–H groups in total. The normalized spacial score (nSPS) is 12.0. The van der Waals surface area contributed by atoms with Gasteiger partial charge in [-0.2, -0.15) is 0 Å². The topological polar surface area (TPSA) is 48.5 Å². The Kier molecular flexibility index (Phi) is 8.29. The number of para-hydroxylation sites is 2. The van der Waals surface area contributed by atoms with Gasteiger partial charge < -0.3 is 9.13 Å². The molecule has 0 saturated carbocycles. The quantitative estimate of drug-likeness (QED) is 0.162. The average molecular weight is 890 g/mol. The second-order valence-electron chi connectivity index (χ2n) is 18.4. The van der Waals surface area contributed by atoms with Crippen LogP contribution >= 0.6 is 0 Å². The summed E-state index contributed by atoms with van der Waals surface area (Å²) in [5.41, 5.74) is 9.77. The number of hydrogen-bond donors (Lipinski definition) is 0. The van der Waals surface area contributed by atoms with Gasteiger partial charge in [-0.1, -0.05) is 182 Å². The minimum absolute atomic E-state index is 0.629. The van der Waals surface area contributed by atoms with Crippen LogP contribution < -0.4 is 0 Å². The largest absolute Gasteiger partial charge is 0.309 e. The highest BCUT2D eigenvalue weighted by atomic mass is 15.0.